The number of H-pyrrole nitrogens is 1. The topological polar surface area (TPSA) is 85.8 Å². The normalized spacial score (nSPS) is 26.7. The Bertz CT molecular complexity index is 1380. The third-order valence-electron chi connectivity index (χ3n) is 7.82. The Balaban J connectivity index is 1.39. The van der Waals surface area contributed by atoms with E-state index in [1.165, 1.54) is 10.4 Å². The van der Waals surface area contributed by atoms with E-state index >= 15 is 0 Å². The van der Waals surface area contributed by atoms with Crippen molar-refractivity contribution in [1.82, 2.24) is 9.97 Å². The molecule has 0 aliphatic carbocycles. The van der Waals surface area contributed by atoms with Crippen molar-refractivity contribution in [2.24, 2.45) is 0 Å². The highest BCUT2D eigenvalue weighted by molar-refractivity contribution is 6.99. The van der Waals surface area contributed by atoms with E-state index in [4.69, 9.17) is 18.6 Å². The van der Waals surface area contributed by atoms with Gasteiger partial charge in [-0.05, 0) is 41.4 Å². The summed E-state index contributed by atoms with van der Waals surface area (Å²) in [5.74, 6) is -2.42. The molecule has 204 valence electrons. The monoisotopic (exact) mass is 544 g/mol. The number of ether oxygens (including phenoxy) is 3. The van der Waals surface area contributed by atoms with Crippen LogP contribution in [0.5, 0.6) is 0 Å². The summed E-state index contributed by atoms with van der Waals surface area (Å²) in [4.78, 5) is 7.89. The van der Waals surface area contributed by atoms with Crippen LogP contribution < -0.4 is 10.4 Å². The molecule has 0 radical (unpaired) electrons. The Kier molecular flexibility index (Phi) is 6.33. The van der Waals surface area contributed by atoms with E-state index in [9.17, 15) is 5.11 Å². The summed E-state index contributed by atoms with van der Waals surface area (Å²) < 4.78 is 26.1. The van der Waals surface area contributed by atoms with Crippen molar-refractivity contribution in [1.29, 1.82) is 0 Å². The number of nitrogens with zero attached hydrogens (tertiary/aromatic N) is 1. The van der Waals surface area contributed by atoms with Crippen molar-refractivity contribution in [2.75, 3.05) is 6.61 Å². The van der Waals surface area contributed by atoms with Crippen molar-refractivity contribution in [3.8, 4) is 0 Å². The predicted octanol–water partition coefficient (Wildman–Crippen LogP) is 4.20. The summed E-state index contributed by atoms with van der Waals surface area (Å²) >= 11 is 0. The molecule has 2 N–H and O–H groups in total. The van der Waals surface area contributed by atoms with Gasteiger partial charge in [0.05, 0.1) is 17.6 Å². The molecule has 0 bridgehead atoms. The summed E-state index contributed by atoms with van der Waals surface area (Å²) in [6.07, 6.45) is -1.91. The highest BCUT2D eigenvalue weighted by atomic mass is 28.4. The lowest BCUT2D eigenvalue weighted by molar-refractivity contribution is -0.286. The number of rotatable bonds is 6. The number of fused-ring (bicyclic) bond motifs is 2. The smallest absolute Gasteiger partial charge is 0.261 e. The second-order valence-corrected chi connectivity index (χ2v) is 16.3. The van der Waals surface area contributed by atoms with Crippen molar-refractivity contribution in [3.05, 3.63) is 90.8 Å². The lowest BCUT2D eigenvalue weighted by Crippen LogP contribution is -2.67. The van der Waals surface area contributed by atoms with E-state index in [-0.39, 0.29) is 11.6 Å². The number of aromatic nitrogens is 2. The number of para-hydroxylation sites is 2. The van der Waals surface area contributed by atoms with Crippen LogP contribution in [0.25, 0.3) is 11.0 Å². The quantitative estimate of drug-likeness (QED) is 0.354. The minimum atomic E-state index is -2.83. The van der Waals surface area contributed by atoms with Gasteiger partial charge in [0.25, 0.3) is 14.1 Å². The highest BCUT2D eigenvalue weighted by Crippen LogP contribution is 2.48. The standard InChI is InChI=1S/C31H36N2O5Si/c1-29(2,3)39(21-14-8-6-9-15-21,22-16-10-7-11-17-22)35-20-25-26-27(38-30(4,5)37-26)31(34,36-25)28-32-23-18-12-13-19-24(23)33-28/h6-19,25-27,34H,20H2,1-5H3,(H,32,33)/t25-,26-,27-,31?/m1/s1. The predicted molar refractivity (Wildman–Crippen MR) is 152 cm³/mol. The highest BCUT2D eigenvalue weighted by Gasteiger charge is 2.65. The molecular formula is C31H36N2O5Si. The zero-order valence-electron chi connectivity index (χ0n) is 23.0. The number of hydrogen-bond acceptors (Lipinski definition) is 6. The summed E-state index contributed by atoms with van der Waals surface area (Å²) in [7, 11) is -2.83. The summed E-state index contributed by atoms with van der Waals surface area (Å²) in [5, 5.41) is 14.1. The lowest BCUT2D eigenvalue weighted by atomic mass is 10.1. The van der Waals surface area contributed by atoms with E-state index in [1.54, 1.807) is 0 Å². The van der Waals surface area contributed by atoms with Gasteiger partial charge in [-0.25, -0.2) is 4.98 Å². The molecule has 4 atom stereocenters. The molecule has 6 rings (SSSR count). The number of nitrogens with one attached hydrogen (secondary N) is 1. The molecule has 8 heteroatoms. The molecule has 0 saturated carbocycles. The van der Waals surface area contributed by atoms with E-state index in [1.807, 2.05) is 50.2 Å². The lowest BCUT2D eigenvalue weighted by Gasteiger charge is -2.43. The van der Waals surface area contributed by atoms with Crippen LogP contribution in [0.3, 0.4) is 0 Å². The van der Waals surface area contributed by atoms with Crippen molar-refractivity contribution in [3.63, 3.8) is 0 Å². The minimum absolute atomic E-state index is 0.199. The maximum absolute atomic E-state index is 12.0. The zero-order valence-corrected chi connectivity index (χ0v) is 24.0. The first-order valence-corrected chi connectivity index (χ1v) is 15.4. The first-order valence-electron chi connectivity index (χ1n) is 13.5. The molecule has 4 aromatic rings. The number of imidazole rings is 1. The number of benzene rings is 3. The Morgan fingerprint density at radius 2 is 1.46 bits per heavy atom. The average molecular weight is 545 g/mol. The van der Waals surface area contributed by atoms with E-state index in [0.29, 0.717) is 5.82 Å². The molecule has 1 aromatic heterocycles. The molecule has 1 unspecified atom stereocenters. The average Bonchev–Trinajstić information content (AvgIpc) is 3.56. The fourth-order valence-electron chi connectivity index (χ4n) is 6.14. The fraction of sp³-hybridized carbons (Fsp3) is 0.387. The van der Waals surface area contributed by atoms with Crippen molar-refractivity contribution >= 4 is 29.7 Å². The SMILES string of the molecule is CC1(C)O[C@H]2[C@@H](O1)C(O)(c1nc3ccccc3[nH]1)O[C@@H]2CO[Si](c1ccccc1)(c1ccccc1)C(C)(C)C. The molecule has 2 aliphatic rings. The minimum Gasteiger partial charge on any atom is -0.405 e. The van der Waals surface area contributed by atoms with Crippen molar-refractivity contribution in [2.45, 2.75) is 69.5 Å². The van der Waals surface area contributed by atoms with Crippen LogP contribution in [-0.2, 0) is 24.4 Å². The third kappa shape index (κ3) is 4.36. The number of aromatic amines is 1. The van der Waals surface area contributed by atoms with Gasteiger partial charge >= 0.3 is 0 Å². The first-order chi connectivity index (χ1) is 18.5. The molecule has 39 heavy (non-hydrogen) atoms. The van der Waals surface area contributed by atoms with Crippen LogP contribution in [0.1, 0.15) is 40.4 Å². The Hall–Kier alpha value is -2.85. The van der Waals surface area contributed by atoms with Crippen molar-refractivity contribution < 1.29 is 23.7 Å². The van der Waals surface area contributed by atoms with Crippen LogP contribution in [0, 0.1) is 0 Å². The van der Waals surface area contributed by atoms with Gasteiger partial charge in [-0.15, -0.1) is 0 Å². The number of hydrogen-bond donors (Lipinski definition) is 2. The van der Waals surface area contributed by atoms with Gasteiger partial charge in [0.1, 0.15) is 12.2 Å². The van der Waals surface area contributed by atoms with Gasteiger partial charge in [0, 0.05) is 0 Å². The van der Waals surface area contributed by atoms with E-state index < -0.39 is 38.2 Å². The Morgan fingerprint density at radius 1 is 0.872 bits per heavy atom. The van der Waals surface area contributed by atoms with Crippen LogP contribution >= 0.6 is 0 Å². The Labute approximate surface area is 230 Å². The van der Waals surface area contributed by atoms with Crippen LogP contribution in [-0.4, -0.2) is 54.1 Å². The molecular weight excluding hydrogens is 508 g/mol. The van der Waals surface area contributed by atoms with E-state index in [2.05, 4.69) is 79.3 Å². The summed E-state index contributed by atoms with van der Waals surface area (Å²) in [5.41, 5.74) is 1.55. The fourth-order valence-corrected chi connectivity index (χ4v) is 10.7. The van der Waals surface area contributed by atoms with Crippen LogP contribution in [0.2, 0.25) is 5.04 Å². The van der Waals surface area contributed by atoms with Gasteiger partial charge < -0.3 is 28.7 Å². The van der Waals surface area contributed by atoms with Gasteiger partial charge in [0.15, 0.2) is 17.7 Å². The molecule has 2 fully saturated rings. The number of aliphatic hydroxyl groups is 1. The Morgan fingerprint density at radius 3 is 2.05 bits per heavy atom. The van der Waals surface area contributed by atoms with Crippen LogP contribution in [0.4, 0.5) is 0 Å². The summed E-state index contributed by atoms with van der Waals surface area (Å²) in [6, 6.07) is 28.6. The molecule has 0 spiro atoms. The molecule has 2 saturated heterocycles. The third-order valence-corrected chi connectivity index (χ3v) is 12.8. The van der Waals surface area contributed by atoms with Gasteiger partial charge in [-0.2, -0.15) is 0 Å². The maximum atomic E-state index is 12.0. The second kappa shape index (κ2) is 9.37. The molecule has 3 heterocycles. The zero-order chi connectivity index (χ0) is 27.5. The first kappa shape index (κ1) is 26.4. The maximum Gasteiger partial charge on any atom is 0.261 e. The summed E-state index contributed by atoms with van der Waals surface area (Å²) in [6.45, 7) is 10.6. The largest absolute Gasteiger partial charge is 0.405 e. The molecule has 0 amide bonds. The van der Waals surface area contributed by atoms with Crippen LogP contribution in [0.15, 0.2) is 84.9 Å². The molecule has 3 aromatic carbocycles. The van der Waals surface area contributed by atoms with Gasteiger partial charge in [-0.3, -0.25) is 0 Å². The van der Waals surface area contributed by atoms with Gasteiger partial charge in [-0.1, -0.05) is 93.6 Å². The second-order valence-electron chi connectivity index (χ2n) is 12.0. The van der Waals surface area contributed by atoms with E-state index in [0.717, 1.165) is 11.0 Å². The van der Waals surface area contributed by atoms with Gasteiger partial charge in [0.2, 0.25) is 0 Å². The molecule has 7 nitrogen and oxygen atoms in total. The molecule has 2 aliphatic heterocycles.